The number of amides is 1. The zero-order valence-electron chi connectivity index (χ0n) is 19.0. The highest BCUT2D eigenvalue weighted by atomic mass is 32.2. The molecule has 4 aromatic rings. The summed E-state index contributed by atoms with van der Waals surface area (Å²) in [6.45, 7) is 3.68. The number of rotatable bonds is 8. The molecule has 0 bridgehead atoms. The number of hydrogen-bond acceptors (Lipinski definition) is 8. The number of nitro benzene ring substituents is 1. The number of nitrogens with zero attached hydrogens (tertiary/aromatic N) is 6. The van der Waals surface area contributed by atoms with Gasteiger partial charge in [-0.15, -0.1) is 10.2 Å². The Balaban J connectivity index is 1.50. The third kappa shape index (κ3) is 5.76. The molecule has 0 saturated carbocycles. The molecule has 0 saturated heterocycles. The predicted molar refractivity (Wildman–Crippen MR) is 134 cm³/mol. The lowest BCUT2D eigenvalue weighted by Gasteiger charge is -2.10. The summed E-state index contributed by atoms with van der Waals surface area (Å²) in [6, 6.07) is 17.7. The van der Waals surface area contributed by atoms with E-state index in [2.05, 4.69) is 25.7 Å². The lowest BCUT2D eigenvalue weighted by Crippen LogP contribution is -2.21. The molecule has 2 aromatic carbocycles. The molecule has 0 aliphatic heterocycles. The number of hydrazone groups is 1. The summed E-state index contributed by atoms with van der Waals surface area (Å²) >= 11 is 1.23. The highest BCUT2D eigenvalue weighted by Crippen LogP contribution is 2.27. The van der Waals surface area contributed by atoms with Gasteiger partial charge in [0.2, 0.25) is 0 Å². The lowest BCUT2D eigenvalue weighted by molar-refractivity contribution is -0.384. The van der Waals surface area contributed by atoms with Crippen LogP contribution in [-0.2, 0) is 4.79 Å². The summed E-state index contributed by atoms with van der Waals surface area (Å²) in [5.74, 6) is 0.342. The van der Waals surface area contributed by atoms with Gasteiger partial charge in [-0.2, -0.15) is 5.10 Å². The molecule has 4 rings (SSSR count). The zero-order chi connectivity index (χ0) is 24.8. The third-order valence-electron chi connectivity index (χ3n) is 5.02. The maximum Gasteiger partial charge on any atom is 0.270 e. The number of aryl methyl sites for hydroxylation is 1. The SMILES string of the molecule is C/C(=N/NC(=O)CSc1nnc(-c2ccncc2)n1-c1ccc(C)cc1)c1cccc([N+](=O)[O-])c1. The molecule has 35 heavy (non-hydrogen) atoms. The molecule has 2 heterocycles. The fourth-order valence-corrected chi connectivity index (χ4v) is 3.94. The number of benzene rings is 2. The summed E-state index contributed by atoms with van der Waals surface area (Å²) in [5.41, 5.74) is 6.30. The lowest BCUT2D eigenvalue weighted by atomic mass is 10.1. The van der Waals surface area contributed by atoms with Crippen molar-refractivity contribution in [3.8, 4) is 17.1 Å². The molecular formula is C24H21N7O3S. The molecule has 10 nitrogen and oxygen atoms in total. The van der Waals surface area contributed by atoms with E-state index >= 15 is 0 Å². The van der Waals surface area contributed by atoms with Crippen molar-refractivity contribution in [3.05, 3.63) is 94.3 Å². The second-order valence-electron chi connectivity index (χ2n) is 7.54. The number of nitrogens with one attached hydrogen (secondary N) is 1. The van der Waals surface area contributed by atoms with Crippen molar-refractivity contribution in [3.63, 3.8) is 0 Å². The van der Waals surface area contributed by atoms with Crippen molar-refractivity contribution in [2.75, 3.05) is 5.75 Å². The van der Waals surface area contributed by atoms with Crippen LogP contribution in [0.25, 0.3) is 17.1 Å². The number of carbonyl (C=O) groups is 1. The Hall–Kier alpha value is -4.38. The fourth-order valence-electron chi connectivity index (χ4n) is 3.20. The maximum absolute atomic E-state index is 12.5. The second-order valence-corrected chi connectivity index (χ2v) is 8.48. The average molecular weight is 488 g/mol. The normalized spacial score (nSPS) is 11.3. The zero-order valence-corrected chi connectivity index (χ0v) is 19.8. The Morgan fingerprint density at radius 1 is 1.11 bits per heavy atom. The largest absolute Gasteiger partial charge is 0.272 e. The molecule has 1 N–H and O–H groups in total. The van der Waals surface area contributed by atoms with Gasteiger partial charge in [-0.25, -0.2) is 5.43 Å². The minimum absolute atomic E-state index is 0.0422. The molecule has 2 aromatic heterocycles. The highest BCUT2D eigenvalue weighted by Gasteiger charge is 2.17. The van der Waals surface area contributed by atoms with E-state index in [-0.39, 0.29) is 17.3 Å². The van der Waals surface area contributed by atoms with E-state index in [9.17, 15) is 14.9 Å². The second kappa shape index (κ2) is 10.7. The number of thioether (sulfide) groups is 1. The van der Waals surface area contributed by atoms with Crippen LogP contribution in [0.2, 0.25) is 0 Å². The Kier molecular flexibility index (Phi) is 7.27. The summed E-state index contributed by atoms with van der Waals surface area (Å²) in [4.78, 5) is 27.0. The minimum atomic E-state index is -0.476. The Morgan fingerprint density at radius 3 is 2.57 bits per heavy atom. The first-order valence-electron chi connectivity index (χ1n) is 10.6. The molecule has 0 aliphatic carbocycles. The third-order valence-corrected chi connectivity index (χ3v) is 5.95. The van der Waals surface area contributed by atoms with E-state index < -0.39 is 4.92 Å². The first-order chi connectivity index (χ1) is 16.9. The van der Waals surface area contributed by atoms with Crippen LogP contribution in [0, 0.1) is 17.0 Å². The topological polar surface area (TPSA) is 128 Å². The van der Waals surface area contributed by atoms with E-state index in [1.165, 1.54) is 23.9 Å². The molecule has 0 aliphatic rings. The van der Waals surface area contributed by atoms with Crippen molar-refractivity contribution in [1.82, 2.24) is 25.2 Å². The quantitative estimate of drug-likeness (QED) is 0.171. The van der Waals surface area contributed by atoms with Gasteiger partial charge in [-0.1, -0.05) is 41.6 Å². The standard InChI is InChI=1S/C24H21N7O3S/c1-16-6-8-20(9-7-16)30-23(18-10-12-25-13-11-18)28-29-24(30)35-15-22(32)27-26-17(2)19-4-3-5-21(14-19)31(33)34/h3-14H,15H2,1-2H3,(H,27,32)/b26-17-. The van der Waals surface area contributed by atoms with E-state index in [0.29, 0.717) is 22.3 Å². The van der Waals surface area contributed by atoms with Crippen molar-refractivity contribution in [2.45, 2.75) is 19.0 Å². The van der Waals surface area contributed by atoms with Crippen molar-refractivity contribution in [2.24, 2.45) is 5.10 Å². The van der Waals surface area contributed by atoms with Gasteiger partial charge in [-0.3, -0.25) is 24.5 Å². The Labute approximate surface area is 205 Å². The van der Waals surface area contributed by atoms with Gasteiger partial charge < -0.3 is 0 Å². The summed E-state index contributed by atoms with van der Waals surface area (Å²) in [5, 5.41) is 24.3. The van der Waals surface area contributed by atoms with Gasteiger partial charge in [-0.05, 0) is 38.1 Å². The summed E-state index contributed by atoms with van der Waals surface area (Å²) in [7, 11) is 0. The van der Waals surface area contributed by atoms with Gasteiger partial charge in [0, 0.05) is 41.3 Å². The van der Waals surface area contributed by atoms with Crippen LogP contribution in [0.1, 0.15) is 18.1 Å². The molecule has 176 valence electrons. The number of carbonyl (C=O) groups excluding carboxylic acids is 1. The molecular weight excluding hydrogens is 466 g/mol. The highest BCUT2D eigenvalue weighted by molar-refractivity contribution is 7.99. The van der Waals surface area contributed by atoms with E-state index in [0.717, 1.165) is 16.8 Å². The molecule has 0 radical (unpaired) electrons. The Morgan fingerprint density at radius 2 is 1.86 bits per heavy atom. The van der Waals surface area contributed by atoms with Crippen LogP contribution in [0.15, 0.2) is 83.3 Å². The van der Waals surface area contributed by atoms with Crippen molar-refractivity contribution >= 4 is 29.1 Å². The first-order valence-corrected chi connectivity index (χ1v) is 11.5. The van der Waals surface area contributed by atoms with Crippen LogP contribution >= 0.6 is 11.8 Å². The Bertz CT molecular complexity index is 1390. The van der Waals surface area contributed by atoms with E-state index in [1.807, 2.05) is 47.9 Å². The van der Waals surface area contributed by atoms with Crippen LogP contribution in [0.3, 0.4) is 0 Å². The fraction of sp³-hybridized carbons (Fsp3) is 0.125. The van der Waals surface area contributed by atoms with Crippen LogP contribution in [-0.4, -0.2) is 42.0 Å². The van der Waals surface area contributed by atoms with Crippen molar-refractivity contribution in [1.29, 1.82) is 0 Å². The van der Waals surface area contributed by atoms with Crippen LogP contribution < -0.4 is 5.43 Å². The molecule has 0 atom stereocenters. The minimum Gasteiger partial charge on any atom is -0.272 e. The van der Waals surface area contributed by atoms with Crippen LogP contribution in [0.5, 0.6) is 0 Å². The molecule has 0 unspecified atom stereocenters. The number of nitro groups is 1. The summed E-state index contributed by atoms with van der Waals surface area (Å²) in [6.07, 6.45) is 3.37. The van der Waals surface area contributed by atoms with Gasteiger partial charge in [0.05, 0.1) is 16.4 Å². The van der Waals surface area contributed by atoms with Gasteiger partial charge >= 0.3 is 0 Å². The predicted octanol–water partition coefficient (Wildman–Crippen LogP) is 4.18. The number of non-ortho nitro benzene ring substituents is 1. The van der Waals surface area contributed by atoms with Gasteiger partial charge in [0.1, 0.15) is 0 Å². The molecule has 1 amide bonds. The van der Waals surface area contributed by atoms with E-state index in [1.54, 1.807) is 31.5 Å². The number of hydrogen-bond donors (Lipinski definition) is 1. The van der Waals surface area contributed by atoms with Crippen molar-refractivity contribution < 1.29 is 9.72 Å². The smallest absolute Gasteiger partial charge is 0.270 e. The van der Waals surface area contributed by atoms with E-state index in [4.69, 9.17) is 0 Å². The monoisotopic (exact) mass is 487 g/mol. The maximum atomic E-state index is 12.5. The molecule has 0 fully saturated rings. The molecule has 0 spiro atoms. The number of pyridine rings is 1. The average Bonchev–Trinajstić information content (AvgIpc) is 3.31. The summed E-state index contributed by atoms with van der Waals surface area (Å²) < 4.78 is 1.89. The van der Waals surface area contributed by atoms with Gasteiger partial charge in [0.25, 0.3) is 11.6 Å². The number of aromatic nitrogens is 4. The molecule has 11 heteroatoms. The van der Waals surface area contributed by atoms with Crippen LogP contribution in [0.4, 0.5) is 5.69 Å². The first kappa shape index (κ1) is 23.8. The van der Waals surface area contributed by atoms with Gasteiger partial charge in [0.15, 0.2) is 11.0 Å².